The van der Waals surface area contributed by atoms with Gasteiger partial charge in [-0.3, -0.25) is 24.0 Å². The molecule has 0 saturated carbocycles. The number of ether oxygens (including phenoxy) is 2. The molecule has 13 heteroatoms. The number of amides is 2. The second-order valence-electron chi connectivity index (χ2n) is 10.9. The summed E-state index contributed by atoms with van der Waals surface area (Å²) >= 11 is 0. The lowest BCUT2D eigenvalue weighted by Gasteiger charge is -2.33. The predicted octanol–water partition coefficient (Wildman–Crippen LogP) is 4.70. The van der Waals surface area contributed by atoms with Gasteiger partial charge in [0.1, 0.15) is 24.1 Å². The van der Waals surface area contributed by atoms with E-state index >= 15 is 0 Å². The number of sulfonamides is 1. The van der Waals surface area contributed by atoms with Crippen LogP contribution in [0.3, 0.4) is 0 Å². The van der Waals surface area contributed by atoms with Gasteiger partial charge in [-0.1, -0.05) is 39.0 Å². The van der Waals surface area contributed by atoms with Crippen molar-refractivity contribution in [2.24, 2.45) is 5.92 Å². The first-order valence-corrected chi connectivity index (χ1v) is 15.9. The Morgan fingerprint density at radius 2 is 1.64 bits per heavy atom. The third-order valence-electron chi connectivity index (χ3n) is 7.16. The number of nitro groups is 1. The topological polar surface area (TPSA) is 148 Å². The van der Waals surface area contributed by atoms with Crippen LogP contribution in [0.25, 0.3) is 0 Å². The van der Waals surface area contributed by atoms with Gasteiger partial charge in [0.05, 0.1) is 29.7 Å². The largest absolute Gasteiger partial charge is 0.497 e. The highest BCUT2D eigenvalue weighted by molar-refractivity contribution is 7.92. The number of hydrogen-bond donors (Lipinski definition) is 1. The van der Waals surface area contributed by atoms with Crippen molar-refractivity contribution in [2.45, 2.75) is 51.6 Å². The van der Waals surface area contributed by atoms with Crippen LogP contribution in [0.5, 0.6) is 11.5 Å². The van der Waals surface area contributed by atoms with E-state index < -0.39 is 33.4 Å². The summed E-state index contributed by atoms with van der Waals surface area (Å²) in [6, 6.07) is 15.8. The number of rotatable bonds is 15. The Labute approximate surface area is 264 Å². The molecule has 1 N–H and O–H groups in total. The molecular formula is C32H40N4O8S. The van der Waals surface area contributed by atoms with Gasteiger partial charge in [0.25, 0.3) is 15.7 Å². The van der Waals surface area contributed by atoms with Gasteiger partial charge in [0.15, 0.2) is 0 Å². The third kappa shape index (κ3) is 8.72. The van der Waals surface area contributed by atoms with Crippen LogP contribution in [0.1, 0.15) is 38.3 Å². The number of benzene rings is 3. The van der Waals surface area contributed by atoms with E-state index in [1.807, 2.05) is 13.8 Å². The molecule has 3 aromatic rings. The minimum Gasteiger partial charge on any atom is -0.497 e. The van der Waals surface area contributed by atoms with Gasteiger partial charge in [-0.05, 0) is 67.3 Å². The molecule has 0 fully saturated rings. The molecule has 1 unspecified atom stereocenters. The molecule has 0 spiro atoms. The highest BCUT2D eigenvalue weighted by atomic mass is 32.2. The van der Waals surface area contributed by atoms with Gasteiger partial charge < -0.3 is 19.7 Å². The summed E-state index contributed by atoms with van der Waals surface area (Å²) in [4.78, 5) is 39.6. The summed E-state index contributed by atoms with van der Waals surface area (Å²) in [5.41, 5.74) is 0.718. The van der Waals surface area contributed by atoms with Crippen LogP contribution in [0.4, 0.5) is 11.4 Å². The van der Waals surface area contributed by atoms with Gasteiger partial charge in [0, 0.05) is 24.7 Å². The van der Waals surface area contributed by atoms with E-state index in [-0.39, 0.29) is 46.6 Å². The molecule has 0 aliphatic heterocycles. The molecule has 0 saturated heterocycles. The molecular weight excluding hydrogens is 600 g/mol. The summed E-state index contributed by atoms with van der Waals surface area (Å²) in [5.74, 6) is 0.172. The van der Waals surface area contributed by atoms with E-state index in [9.17, 15) is 28.1 Å². The molecule has 0 radical (unpaired) electrons. The second-order valence-corrected chi connectivity index (χ2v) is 12.7. The van der Waals surface area contributed by atoms with Crippen LogP contribution in [0.15, 0.2) is 71.6 Å². The zero-order chi connectivity index (χ0) is 33.3. The lowest BCUT2D eigenvalue weighted by molar-refractivity contribution is -0.385. The zero-order valence-corrected chi connectivity index (χ0v) is 27.2. The zero-order valence-electron chi connectivity index (χ0n) is 26.3. The average molecular weight is 641 g/mol. The predicted molar refractivity (Wildman–Crippen MR) is 171 cm³/mol. The molecule has 0 heterocycles. The Bertz CT molecular complexity index is 1610. The Kier molecular flexibility index (Phi) is 11.9. The van der Waals surface area contributed by atoms with Crippen molar-refractivity contribution in [3.05, 3.63) is 88.0 Å². The number of hydrogen-bond acceptors (Lipinski definition) is 8. The Balaban J connectivity index is 2.12. The van der Waals surface area contributed by atoms with Crippen LogP contribution in [0, 0.1) is 23.0 Å². The highest BCUT2D eigenvalue weighted by Gasteiger charge is 2.34. The van der Waals surface area contributed by atoms with Crippen molar-refractivity contribution in [3.8, 4) is 11.5 Å². The summed E-state index contributed by atoms with van der Waals surface area (Å²) in [7, 11) is -1.53. The average Bonchev–Trinajstić information content (AvgIpc) is 3.02. The molecule has 0 aliphatic carbocycles. The fourth-order valence-corrected chi connectivity index (χ4v) is 6.10. The molecule has 45 heavy (non-hydrogen) atoms. The lowest BCUT2D eigenvalue weighted by Crippen LogP contribution is -2.52. The van der Waals surface area contributed by atoms with Crippen molar-refractivity contribution >= 4 is 33.2 Å². The molecule has 0 bridgehead atoms. The monoisotopic (exact) mass is 640 g/mol. The van der Waals surface area contributed by atoms with Crippen LogP contribution in [0.2, 0.25) is 0 Å². The summed E-state index contributed by atoms with van der Waals surface area (Å²) < 4.78 is 39.7. The number of carbonyl (C=O) groups excluding carboxylic acids is 2. The number of nitro benzene ring substituents is 1. The van der Waals surface area contributed by atoms with Crippen molar-refractivity contribution in [3.63, 3.8) is 0 Å². The number of nitrogens with zero attached hydrogens (tertiary/aromatic N) is 3. The Hall–Kier alpha value is -4.65. The highest BCUT2D eigenvalue weighted by Crippen LogP contribution is 2.30. The lowest BCUT2D eigenvalue weighted by atomic mass is 10.1. The number of methoxy groups -OCH3 is 2. The fraction of sp³-hybridized carbons (Fsp3) is 0.375. The first-order valence-electron chi connectivity index (χ1n) is 14.4. The third-order valence-corrected chi connectivity index (χ3v) is 8.93. The summed E-state index contributed by atoms with van der Waals surface area (Å²) in [6.07, 6.45) is 0.263. The van der Waals surface area contributed by atoms with Gasteiger partial charge in [-0.2, -0.15) is 0 Å². The first kappa shape index (κ1) is 34.8. The van der Waals surface area contributed by atoms with Crippen molar-refractivity contribution < 1.29 is 32.4 Å². The van der Waals surface area contributed by atoms with Crippen molar-refractivity contribution in [1.29, 1.82) is 0 Å². The maximum Gasteiger partial charge on any atom is 0.273 e. The number of carbonyl (C=O) groups is 2. The number of anilines is 1. The van der Waals surface area contributed by atoms with Crippen LogP contribution in [-0.4, -0.2) is 63.4 Å². The second kappa shape index (κ2) is 15.4. The van der Waals surface area contributed by atoms with Gasteiger partial charge in [-0.15, -0.1) is 0 Å². The Morgan fingerprint density at radius 1 is 0.978 bits per heavy atom. The van der Waals surface area contributed by atoms with Gasteiger partial charge >= 0.3 is 0 Å². The maximum atomic E-state index is 14.2. The van der Waals surface area contributed by atoms with E-state index in [2.05, 4.69) is 5.32 Å². The van der Waals surface area contributed by atoms with E-state index in [4.69, 9.17) is 9.47 Å². The molecule has 0 aliphatic rings. The molecule has 12 nitrogen and oxygen atoms in total. The number of aryl methyl sites for hydroxylation is 1. The van der Waals surface area contributed by atoms with Crippen molar-refractivity contribution in [2.75, 3.05) is 31.6 Å². The van der Waals surface area contributed by atoms with E-state index in [1.54, 1.807) is 43.3 Å². The fourth-order valence-electron chi connectivity index (χ4n) is 4.66. The number of nitrogens with one attached hydrogen (secondary N) is 1. The minimum absolute atomic E-state index is 0.00383. The van der Waals surface area contributed by atoms with Crippen molar-refractivity contribution in [1.82, 2.24) is 10.2 Å². The molecule has 2 amide bonds. The summed E-state index contributed by atoms with van der Waals surface area (Å²) in [5, 5.41) is 14.5. The van der Waals surface area contributed by atoms with Gasteiger partial charge in [0.2, 0.25) is 11.8 Å². The first-order chi connectivity index (χ1) is 21.3. The van der Waals surface area contributed by atoms with E-state index in [0.29, 0.717) is 23.6 Å². The maximum absolute atomic E-state index is 14.2. The molecule has 3 aromatic carbocycles. The molecule has 1 atom stereocenters. The van der Waals surface area contributed by atoms with Gasteiger partial charge in [-0.25, -0.2) is 8.42 Å². The van der Waals surface area contributed by atoms with E-state index in [1.165, 1.54) is 50.3 Å². The Morgan fingerprint density at radius 3 is 2.22 bits per heavy atom. The van der Waals surface area contributed by atoms with Crippen LogP contribution in [-0.2, 0) is 26.2 Å². The van der Waals surface area contributed by atoms with Crippen LogP contribution < -0.4 is 19.1 Å². The SMILES string of the molecule is CCC(C(=O)NCC(C)C)N(Cc1cccc(OC)c1)C(=O)CN(c1ccc(OC)cc1)S(=O)(=O)c1ccc(C)c([N+](=O)[O-])c1. The van der Waals surface area contributed by atoms with Crippen LogP contribution >= 0.6 is 0 Å². The molecule has 3 rings (SSSR count). The normalized spacial score (nSPS) is 11.9. The molecule has 0 aromatic heterocycles. The molecule has 242 valence electrons. The standard InChI is InChI=1S/C32H40N4O8S/c1-7-29(32(38)33-19-22(2)3)34(20-24-9-8-10-27(17-24)44-6)31(37)21-35(25-12-14-26(43-5)15-13-25)45(41,42)28-16-11-23(4)30(18-28)36(39)40/h8-18,22,29H,7,19-21H2,1-6H3,(H,33,38). The smallest absolute Gasteiger partial charge is 0.273 e. The van der Waals surface area contributed by atoms with E-state index in [0.717, 1.165) is 10.4 Å². The quantitative estimate of drug-likeness (QED) is 0.186. The minimum atomic E-state index is -4.51. The summed E-state index contributed by atoms with van der Waals surface area (Å²) in [6.45, 7) is 6.89.